The maximum absolute atomic E-state index is 12.3. The lowest BCUT2D eigenvalue weighted by Gasteiger charge is -2.10. The average molecular weight is 348 g/mol. The normalized spacial score (nSPS) is 11.3. The van der Waals surface area contributed by atoms with E-state index < -0.39 is 11.4 Å². The first-order chi connectivity index (χ1) is 10.2. The molecule has 2 aromatic rings. The SMILES string of the molecule is O=C(Nc1cccc(SC(F)(F)F)c1)c1cc(Cl)ccc1O. The smallest absolute Gasteiger partial charge is 0.446 e. The lowest BCUT2D eigenvalue weighted by Crippen LogP contribution is -2.12. The van der Waals surface area contributed by atoms with Gasteiger partial charge in [0.1, 0.15) is 5.75 Å². The van der Waals surface area contributed by atoms with Gasteiger partial charge in [-0.1, -0.05) is 17.7 Å². The third-order valence-corrected chi connectivity index (χ3v) is 3.48. The minimum atomic E-state index is -4.41. The van der Waals surface area contributed by atoms with E-state index in [1.54, 1.807) is 0 Å². The Morgan fingerprint density at radius 2 is 1.91 bits per heavy atom. The highest BCUT2D eigenvalue weighted by Gasteiger charge is 2.29. The Hall–Kier alpha value is -1.86. The van der Waals surface area contributed by atoms with Crippen LogP contribution in [0.4, 0.5) is 18.9 Å². The molecule has 22 heavy (non-hydrogen) atoms. The molecule has 0 aliphatic rings. The van der Waals surface area contributed by atoms with Crippen molar-refractivity contribution in [2.45, 2.75) is 10.4 Å². The standard InChI is InChI=1S/C14H9ClF3NO2S/c15-8-4-5-12(20)11(6-8)13(21)19-9-2-1-3-10(7-9)22-14(16,17)18/h1-7,20H,(H,19,21). The second-order valence-electron chi connectivity index (χ2n) is 4.19. The minimum Gasteiger partial charge on any atom is -0.507 e. The fourth-order valence-corrected chi connectivity index (χ4v) is 2.43. The zero-order valence-electron chi connectivity index (χ0n) is 10.8. The lowest BCUT2D eigenvalue weighted by molar-refractivity contribution is -0.0328. The van der Waals surface area contributed by atoms with Crippen LogP contribution in [-0.2, 0) is 0 Å². The number of carbonyl (C=O) groups is 1. The Morgan fingerprint density at radius 1 is 1.18 bits per heavy atom. The van der Waals surface area contributed by atoms with Crippen LogP contribution in [0.3, 0.4) is 0 Å². The molecule has 2 aromatic carbocycles. The van der Waals surface area contributed by atoms with Gasteiger partial charge in [0.25, 0.3) is 5.91 Å². The van der Waals surface area contributed by atoms with Gasteiger partial charge >= 0.3 is 5.51 Å². The van der Waals surface area contributed by atoms with Gasteiger partial charge in [0, 0.05) is 15.6 Å². The van der Waals surface area contributed by atoms with Crippen molar-refractivity contribution in [3.63, 3.8) is 0 Å². The van der Waals surface area contributed by atoms with E-state index in [9.17, 15) is 23.1 Å². The van der Waals surface area contributed by atoms with Crippen molar-refractivity contribution in [2.24, 2.45) is 0 Å². The second-order valence-corrected chi connectivity index (χ2v) is 5.77. The van der Waals surface area contributed by atoms with Crippen molar-refractivity contribution >= 4 is 35.0 Å². The Labute approximate surface area is 133 Å². The van der Waals surface area contributed by atoms with Crippen molar-refractivity contribution in [3.05, 3.63) is 53.1 Å². The summed E-state index contributed by atoms with van der Waals surface area (Å²) in [6.07, 6.45) is 0. The third-order valence-electron chi connectivity index (χ3n) is 2.53. The van der Waals surface area contributed by atoms with Crippen LogP contribution in [0.15, 0.2) is 47.4 Å². The van der Waals surface area contributed by atoms with Gasteiger partial charge in [-0.3, -0.25) is 4.79 Å². The molecule has 2 rings (SSSR count). The predicted molar refractivity (Wildman–Crippen MR) is 79.4 cm³/mol. The molecule has 0 fully saturated rings. The van der Waals surface area contributed by atoms with Gasteiger partial charge in [-0.25, -0.2) is 0 Å². The molecule has 116 valence electrons. The van der Waals surface area contributed by atoms with Crippen LogP contribution in [0.25, 0.3) is 0 Å². The minimum absolute atomic E-state index is 0.0550. The number of aromatic hydroxyl groups is 1. The fraction of sp³-hybridized carbons (Fsp3) is 0.0714. The largest absolute Gasteiger partial charge is 0.507 e. The van der Waals surface area contributed by atoms with Crippen LogP contribution < -0.4 is 5.32 Å². The van der Waals surface area contributed by atoms with Crippen LogP contribution >= 0.6 is 23.4 Å². The lowest BCUT2D eigenvalue weighted by atomic mass is 10.2. The summed E-state index contributed by atoms with van der Waals surface area (Å²) in [7, 11) is 0. The third kappa shape index (κ3) is 4.57. The molecule has 0 aromatic heterocycles. The number of nitrogens with one attached hydrogen (secondary N) is 1. The fourth-order valence-electron chi connectivity index (χ4n) is 1.66. The summed E-state index contributed by atoms with van der Waals surface area (Å²) in [5.74, 6) is -0.947. The number of thioether (sulfide) groups is 1. The van der Waals surface area contributed by atoms with Gasteiger partial charge in [-0.05, 0) is 48.2 Å². The highest BCUT2D eigenvalue weighted by atomic mass is 35.5. The monoisotopic (exact) mass is 347 g/mol. The van der Waals surface area contributed by atoms with E-state index >= 15 is 0 Å². The quantitative estimate of drug-likeness (QED) is 0.776. The summed E-state index contributed by atoms with van der Waals surface area (Å²) in [6.45, 7) is 0. The first-order valence-electron chi connectivity index (χ1n) is 5.90. The zero-order chi connectivity index (χ0) is 16.3. The number of amides is 1. The Morgan fingerprint density at radius 3 is 2.59 bits per heavy atom. The summed E-state index contributed by atoms with van der Waals surface area (Å²) in [5.41, 5.74) is -4.30. The summed E-state index contributed by atoms with van der Waals surface area (Å²) in [4.78, 5) is 12.0. The number of benzene rings is 2. The first kappa shape index (κ1) is 16.5. The number of phenols is 1. The van der Waals surface area contributed by atoms with Crippen molar-refractivity contribution in [1.82, 2.24) is 0 Å². The number of alkyl halides is 3. The maximum Gasteiger partial charge on any atom is 0.446 e. The molecule has 0 saturated carbocycles. The van der Waals surface area contributed by atoms with Gasteiger partial charge in [-0.15, -0.1) is 0 Å². The van der Waals surface area contributed by atoms with Crippen LogP contribution in [-0.4, -0.2) is 16.5 Å². The highest BCUT2D eigenvalue weighted by molar-refractivity contribution is 8.00. The maximum atomic E-state index is 12.3. The Kier molecular flexibility index (Phi) is 4.87. The molecule has 0 spiro atoms. The Balaban J connectivity index is 2.18. The topological polar surface area (TPSA) is 49.3 Å². The number of rotatable bonds is 3. The average Bonchev–Trinajstić information content (AvgIpc) is 2.40. The second kappa shape index (κ2) is 6.50. The van der Waals surface area contributed by atoms with E-state index in [4.69, 9.17) is 11.6 Å². The van der Waals surface area contributed by atoms with Gasteiger partial charge in [0.05, 0.1) is 5.56 Å². The molecule has 0 heterocycles. The van der Waals surface area contributed by atoms with Crippen LogP contribution in [0, 0.1) is 0 Å². The molecule has 0 bridgehead atoms. The molecule has 1 amide bonds. The van der Waals surface area contributed by atoms with E-state index in [-0.39, 0.29) is 38.7 Å². The van der Waals surface area contributed by atoms with Crippen LogP contribution in [0.2, 0.25) is 5.02 Å². The van der Waals surface area contributed by atoms with E-state index in [0.717, 1.165) is 0 Å². The molecule has 0 atom stereocenters. The molecule has 0 radical (unpaired) electrons. The van der Waals surface area contributed by atoms with Crippen molar-refractivity contribution in [2.75, 3.05) is 5.32 Å². The van der Waals surface area contributed by atoms with E-state index in [1.165, 1.54) is 42.5 Å². The first-order valence-corrected chi connectivity index (χ1v) is 7.10. The van der Waals surface area contributed by atoms with Crippen LogP contribution in [0.1, 0.15) is 10.4 Å². The van der Waals surface area contributed by atoms with Crippen LogP contribution in [0.5, 0.6) is 5.75 Å². The molecule has 0 saturated heterocycles. The molecule has 0 aliphatic carbocycles. The van der Waals surface area contributed by atoms with Gasteiger partial charge < -0.3 is 10.4 Å². The molecular formula is C14H9ClF3NO2S. The van der Waals surface area contributed by atoms with E-state index in [0.29, 0.717) is 0 Å². The van der Waals surface area contributed by atoms with Crippen molar-refractivity contribution < 1.29 is 23.1 Å². The predicted octanol–water partition coefficient (Wildman–Crippen LogP) is 4.91. The summed E-state index contributed by atoms with van der Waals surface area (Å²) >= 11 is 5.46. The summed E-state index contributed by atoms with van der Waals surface area (Å²) < 4.78 is 37.0. The molecular weight excluding hydrogens is 339 g/mol. The van der Waals surface area contributed by atoms with E-state index in [1.807, 2.05) is 0 Å². The number of phenolic OH excluding ortho intramolecular Hbond substituents is 1. The summed E-state index contributed by atoms with van der Waals surface area (Å²) in [5, 5.41) is 12.3. The van der Waals surface area contributed by atoms with Gasteiger partial charge in [0.15, 0.2) is 0 Å². The van der Waals surface area contributed by atoms with Crippen molar-refractivity contribution in [1.29, 1.82) is 0 Å². The summed E-state index contributed by atoms with van der Waals surface area (Å²) in [6, 6.07) is 9.24. The Bertz CT molecular complexity index is 707. The highest BCUT2D eigenvalue weighted by Crippen LogP contribution is 2.37. The molecule has 0 aliphatic heterocycles. The zero-order valence-corrected chi connectivity index (χ0v) is 12.4. The van der Waals surface area contributed by atoms with Gasteiger partial charge in [0.2, 0.25) is 0 Å². The molecule has 0 unspecified atom stereocenters. The molecule has 2 N–H and O–H groups in total. The number of hydrogen-bond donors (Lipinski definition) is 2. The number of hydrogen-bond acceptors (Lipinski definition) is 3. The van der Waals surface area contributed by atoms with Crippen molar-refractivity contribution in [3.8, 4) is 5.75 Å². The molecule has 3 nitrogen and oxygen atoms in total. The van der Waals surface area contributed by atoms with Gasteiger partial charge in [-0.2, -0.15) is 13.2 Å². The number of halogens is 4. The van der Waals surface area contributed by atoms with E-state index in [2.05, 4.69) is 5.32 Å². The number of carbonyl (C=O) groups excluding carboxylic acids is 1. The number of anilines is 1. The molecule has 8 heteroatoms.